The first kappa shape index (κ1) is 12.6. The molecule has 3 nitrogen and oxygen atoms in total. The molecule has 1 saturated heterocycles. The molecule has 1 unspecified atom stereocenters. The molecule has 0 saturated carbocycles. The van der Waals surface area contributed by atoms with E-state index in [9.17, 15) is 4.79 Å². The van der Waals surface area contributed by atoms with Crippen molar-refractivity contribution in [3.05, 3.63) is 22.4 Å². The molecule has 1 aliphatic heterocycles. The molecule has 0 aliphatic carbocycles. The molecule has 2 heterocycles. The van der Waals surface area contributed by atoms with E-state index in [1.54, 1.807) is 11.3 Å². The summed E-state index contributed by atoms with van der Waals surface area (Å²) in [7, 11) is 0. The van der Waals surface area contributed by atoms with Gasteiger partial charge in [-0.25, -0.2) is 0 Å². The van der Waals surface area contributed by atoms with E-state index in [0.29, 0.717) is 6.04 Å². The predicted octanol–water partition coefficient (Wildman–Crippen LogP) is 2.48. The molecular weight excluding hydrogens is 234 g/mol. The van der Waals surface area contributed by atoms with Crippen molar-refractivity contribution in [3.8, 4) is 0 Å². The summed E-state index contributed by atoms with van der Waals surface area (Å²) in [5, 5.41) is 13.3. The summed E-state index contributed by atoms with van der Waals surface area (Å²) in [6.45, 7) is 4.07. The van der Waals surface area contributed by atoms with E-state index in [2.05, 4.69) is 28.7 Å². The van der Waals surface area contributed by atoms with Crippen molar-refractivity contribution < 1.29 is 9.90 Å². The van der Waals surface area contributed by atoms with Crippen LogP contribution in [0.3, 0.4) is 0 Å². The normalized spacial score (nSPS) is 20.3. The summed E-state index contributed by atoms with van der Waals surface area (Å²) in [5.74, 6) is -0.755. The van der Waals surface area contributed by atoms with E-state index in [1.807, 2.05) is 0 Å². The third-order valence-corrected chi connectivity index (χ3v) is 4.35. The molecular formula is C13H19NO2S. The van der Waals surface area contributed by atoms with Gasteiger partial charge in [-0.3, -0.25) is 4.79 Å². The molecule has 94 valence electrons. The van der Waals surface area contributed by atoms with Crippen LogP contribution in [0, 0.1) is 5.92 Å². The van der Waals surface area contributed by atoms with Crippen LogP contribution in [-0.4, -0.2) is 35.1 Å². The van der Waals surface area contributed by atoms with Gasteiger partial charge in [-0.05, 0) is 61.7 Å². The van der Waals surface area contributed by atoms with Crippen LogP contribution in [0.5, 0.6) is 0 Å². The molecule has 0 bridgehead atoms. The topological polar surface area (TPSA) is 40.5 Å². The lowest BCUT2D eigenvalue weighted by atomic mass is 9.95. The summed E-state index contributed by atoms with van der Waals surface area (Å²) in [5.41, 5.74) is 1.39. The maximum absolute atomic E-state index is 10.9. The summed E-state index contributed by atoms with van der Waals surface area (Å²) in [6, 6.07) is 2.69. The van der Waals surface area contributed by atoms with Gasteiger partial charge in [0.15, 0.2) is 0 Å². The second-order valence-electron chi connectivity index (χ2n) is 4.83. The van der Waals surface area contributed by atoms with Gasteiger partial charge in [0, 0.05) is 6.04 Å². The van der Waals surface area contributed by atoms with Crippen molar-refractivity contribution in [3.63, 3.8) is 0 Å². The number of thiophene rings is 1. The third kappa shape index (κ3) is 3.30. The second kappa shape index (κ2) is 5.65. The van der Waals surface area contributed by atoms with E-state index in [4.69, 9.17) is 5.11 Å². The Hall–Kier alpha value is -0.870. The number of nitrogens with zero attached hydrogens (tertiary/aromatic N) is 1. The van der Waals surface area contributed by atoms with Gasteiger partial charge in [0.25, 0.3) is 0 Å². The van der Waals surface area contributed by atoms with Crippen molar-refractivity contribution in [2.45, 2.75) is 32.2 Å². The summed E-state index contributed by atoms with van der Waals surface area (Å²) in [4.78, 5) is 13.3. The second-order valence-corrected chi connectivity index (χ2v) is 5.61. The highest BCUT2D eigenvalue weighted by molar-refractivity contribution is 7.07. The molecule has 2 rings (SSSR count). The molecule has 0 spiro atoms. The SMILES string of the molecule is CC(Cc1ccsc1)N1CCC(C(=O)O)CC1. The molecule has 0 radical (unpaired) electrons. The van der Waals surface area contributed by atoms with Crippen molar-refractivity contribution in [2.75, 3.05) is 13.1 Å². The van der Waals surface area contributed by atoms with Crippen LogP contribution >= 0.6 is 11.3 Å². The third-order valence-electron chi connectivity index (χ3n) is 3.61. The number of carbonyl (C=O) groups is 1. The van der Waals surface area contributed by atoms with E-state index in [-0.39, 0.29) is 5.92 Å². The number of aliphatic carboxylic acids is 1. The lowest BCUT2D eigenvalue weighted by molar-refractivity contribution is -0.143. The van der Waals surface area contributed by atoms with Crippen molar-refractivity contribution in [1.29, 1.82) is 0 Å². The number of carboxylic acids is 1. The quantitative estimate of drug-likeness (QED) is 0.896. The first-order chi connectivity index (χ1) is 8.16. The zero-order chi connectivity index (χ0) is 12.3. The molecule has 1 aromatic rings. The number of piperidine rings is 1. The fourth-order valence-electron chi connectivity index (χ4n) is 2.47. The molecule has 0 aromatic carbocycles. The van der Waals surface area contributed by atoms with Gasteiger partial charge in [0.05, 0.1) is 5.92 Å². The molecule has 0 amide bonds. The van der Waals surface area contributed by atoms with Gasteiger partial charge in [-0.2, -0.15) is 11.3 Å². The Balaban J connectivity index is 1.82. The number of rotatable bonds is 4. The molecule has 1 aromatic heterocycles. The average molecular weight is 253 g/mol. The van der Waals surface area contributed by atoms with E-state index < -0.39 is 5.97 Å². The number of likely N-dealkylation sites (tertiary alicyclic amines) is 1. The average Bonchev–Trinajstić information content (AvgIpc) is 2.82. The number of carboxylic acid groups (broad SMARTS) is 1. The molecule has 17 heavy (non-hydrogen) atoms. The summed E-state index contributed by atoms with van der Waals surface area (Å²) >= 11 is 1.74. The van der Waals surface area contributed by atoms with Crippen molar-refractivity contribution in [2.24, 2.45) is 5.92 Å². The van der Waals surface area contributed by atoms with Crippen LogP contribution in [0.15, 0.2) is 16.8 Å². The Morgan fingerprint density at radius 2 is 2.29 bits per heavy atom. The first-order valence-corrected chi connectivity index (χ1v) is 7.09. The smallest absolute Gasteiger partial charge is 0.306 e. The number of hydrogen-bond donors (Lipinski definition) is 1. The van der Waals surface area contributed by atoms with Gasteiger partial charge >= 0.3 is 5.97 Å². The van der Waals surface area contributed by atoms with Crippen LogP contribution < -0.4 is 0 Å². The minimum absolute atomic E-state index is 0.125. The first-order valence-electron chi connectivity index (χ1n) is 6.14. The highest BCUT2D eigenvalue weighted by atomic mass is 32.1. The Kier molecular flexibility index (Phi) is 4.18. The fraction of sp³-hybridized carbons (Fsp3) is 0.615. The minimum Gasteiger partial charge on any atom is -0.481 e. The lowest BCUT2D eigenvalue weighted by Crippen LogP contribution is -2.42. The zero-order valence-corrected chi connectivity index (χ0v) is 10.9. The molecule has 1 fully saturated rings. The van der Waals surface area contributed by atoms with E-state index in [1.165, 1.54) is 5.56 Å². The van der Waals surface area contributed by atoms with Crippen LogP contribution in [0.1, 0.15) is 25.3 Å². The maximum atomic E-state index is 10.9. The van der Waals surface area contributed by atoms with Crippen LogP contribution in [-0.2, 0) is 11.2 Å². The minimum atomic E-state index is -0.630. The Bertz CT molecular complexity index is 356. The van der Waals surface area contributed by atoms with Crippen molar-refractivity contribution in [1.82, 2.24) is 4.90 Å². The molecule has 4 heteroatoms. The Morgan fingerprint density at radius 1 is 1.59 bits per heavy atom. The Labute approximate surface area is 106 Å². The highest BCUT2D eigenvalue weighted by Gasteiger charge is 2.26. The van der Waals surface area contributed by atoms with Crippen molar-refractivity contribution >= 4 is 17.3 Å². The summed E-state index contributed by atoms with van der Waals surface area (Å²) < 4.78 is 0. The molecule has 1 atom stereocenters. The van der Waals surface area contributed by atoms with Gasteiger partial charge < -0.3 is 10.0 Å². The Morgan fingerprint density at radius 3 is 2.82 bits per heavy atom. The van der Waals surface area contributed by atoms with Gasteiger partial charge in [0.1, 0.15) is 0 Å². The molecule has 1 N–H and O–H groups in total. The van der Waals surface area contributed by atoms with E-state index >= 15 is 0 Å². The maximum Gasteiger partial charge on any atom is 0.306 e. The molecule has 1 aliphatic rings. The van der Waals surface area contributed by atoms with Gasteiger partial charge in [-0.15, -0.1) is 0 Å². The zero-order valence-electron chi connectivity index (χ0n) is 10.1. The largest absolute Gasteiger partial charge is 0.481 e. The van der Waals surface area contributed by atoms with Crippen LogP contribution in [0.2, 0.25) is 0 Å². The highest BCUT2D eigenvalue weighted by Crippen LogP contribution is 2.21. The predicted molar refractivity (Wildman–Crippen MR) is 69.4 cm³/mol. The van der Waals surface area contributed by atoms with Crippen LogP contribution in [0.25, 0.3) is 0 Å². The fourth-order valence-corrected chi connectivity index (χ4v) is 3.15. The van der Waals surface area contributed by atoms with E-state index in [0.717, 1.165) is 32.4 Å². The number of hydrogen-bond acceptors (Lipinski definition) is 3. The summed E-state index contributed by atoms with van der Waals surface area (Å²) in [6.07, 6.45) is 2.66. The van der Waals surface area contributed by atoms with Gasteiger partial charge in [0.2, 0.25) is 0 Å². The van der Waals surface area contributed by atoms with Crippen LogP contribution in [0.4, 0.5) is 0 Å². The standard InChI is InChI=1S/C13H19NO2S/c1-10(8-11-4-7-17-9-11)14-5-2-12(3-6-14)13(15)16/h4,7,9-10,12H,2-3,5-6,8H2,1H3,(H,15,16). The van der Waals surface area contributed by atoms with Gasteiger partial charge in [-0.1, -0.05) is 0 Å². The monoisotopic (exact) mass is 253 g/mol. The lowest BCUT2D eigenvalue weighted by Gasteiger charge is -2.34.